The van der Waals surface area contributed by atoms with Gasteiger partial charge in [0.15, 0.2) is 11.6 Å². The molecule has 5 aromatic carbocycles. The van der Waals surface area contributed by atoms with Crippen LogP contribution < -0.4 is 4.90 Å². The van der Waals surface area contributed by atoms with Crippen LogP contribution in [-0.2, 0) is 5.41 Å². The Labute approximate surface area is 266 Å². The Balaban J connectivity index is 1.17. The molecule has 216 valence electrons. The van der Waals surface area contributed by atoms with Crippen LogP contribution in [-0.4, -0.2) is 11.6 Å². The van der Waals surface area contributed by atoms with Crippen molar-refractivity contribution in [2.45, 2.75) is 19.3 Å². The van der Waals surface area contributed by atoms with Gasteiger partial charge in [-0.2, -0.15) is 0 Å². The van der Waals surface area contributed by atoms with Crippen molar-refractivity contribution < 1.29 is 9.59 Å². The monoisotopic (exact) mass is 599 g/mol. The molecular formula is C41H29NO2S. The summed E-state index contributed by atoms with van der Waals surface area (Å²) in [5.41, 5.74) is 10.3. The molecule has 0 saturated carbocycles. The molecule has 0 bridgehead atoms. The molecule has 0 N–H and O–H groups in total. The molecule has 0 saturated heterocycles. The molecule has 0 aliphatic heterocycles. The Bertz CT molecular complexity index is 2120. The van der Waals surface area contributed by atoms with Gasteiger partial charge in [0, 0.05) is 43.4 Å². The van der Waals surface area contributed by atoms with Gasteiger partial charge in [0.25, 0.3) is 0 Å². The maximum atomic E-state index is 13.0. The molecule has 6 aromatic rings. The molecule has 3 nitrogen and oxygen atoms in total. The third kappa shape index (κ3) is 4.41. The number of carbonyl (C=O) groups is 2. The van der Waals surface area contributed by atoms with Crippen LogP contribution in [0.4, 0.5) is 17.1 Å². The molecule has 1 aromatic heterocycles. The molecule has 2 aliphatic carbocycles. The van der Waals surface area contributed by atoms with Crippen molar-refractivity contribution in [1.82, 2.24) is 0 Å². The number of hydrogen-bond donors (Lipinski definition) is 0. The molecule has 0 spiro atoms. The van der Waals surface area contributed by atoms with Crippen LogP contribution in [0.5, 0.6) is 0 Å². The minimum Gasteiger partial charge on any atom is -0.310 e. The Morgan fingerprint density at radius 1 is 0.556 bits per heavy atom. The molecule has 0 fully saturated rings. The summed E-state index contributed by atoms with van der Waals surface area (Å²) in [4.78, 5) is 30.5. The summed E-state index contributed by atoms with van der Waals surface area (Å²) >= 11 is 1.65. The fraction of sp³-hybridized carbons (Fsp3) is 0.0732. The molecule has 0 radical (unpaired) electrons. The van der Waals surface area contributed by atoms with Gasteiger partial charge in [0.05, 0.1) is 5.57 Å². The largest absolute Gasteiger partial charge is 0.310 e. The Morgan fingerprint density at radius 2 is 1.11 bits per heavy atom. The maximum absolute atomic E-state index is 13.0. The summed E-state index contributed by atoms with van der Waals surface area (Å²) in [7, 11) is 0. The van der Waals surface area contributed by atoms with E-state index in [1.54, 1.807) is 41.7 Å². The number of benzene rings is 5. The highest BCUT2D eigenvalue weighted by Crippen LogP contribution is 2.54. The zero-order valence-electron chi connectivity index (χ0n) is 25.0. The van der Waals surface area contributed by atoms with Crippen LogP contribution in [0.2, 0.25) is 0 Å². The standard InChI is InChI=1S/C41H29NO2S/c1-41(2)36-23-30(42(28-13-7-4-8-14-28)29-19-17-27(18-20-29)26-11-5-3-6-12-26)21-22-34(36)40-37(41)25-31(45-40)24-35-38(43)32-15-9-10-16-33(32)39(35)44/h3-25H,1-2H3. The number of anilines is 3. The smallest absolute Gasteiger partial charge is 0.197 e. The highest BCUT2D eigenvalue weighted by Gasteiger charge is 2.39. The fourth-order valence-electron chi connectivity index (χ4n) is 6.68. The number of nitrogens with zero attached hydrogens (tertiary/aromatic N) is 1. The van der Waals surface area contributed by atoms with Crippen LogP contribution in [0.3, 0.4) is 0 Å². The molecule has 0 unspecified atom stereocenters. The van der Waals surface area contributed by atoms with Crippen LogP contribution in [0, 0.1) is 0 Å². The second-order valence-corrected chi connectivity index (χ2v) is 13.2. The van der Waals surface area contributed by atoms with Crippen molar-refractivity contribution >= 4 is 46.0 Å². The number of allylic oxidation sites excluding steroid dienone is 1. The lowest BCUT2D eigenvalue weighted by Gasteiger charge is -2.28. The van der Waals surface area contributed by atoms with Gasteiger partial charge < -0.3 is 4.90 Å². The zero-order valence-corrected chi connectivity index (χ0v) is 25.8. The third-order valence-corrected chi connectivity index (χ3v) is 10.2. The first-order valence-electron chi connectivity index (χ1n) is 15.1. The van der Waals surface area contributed by atoms with Crippen molar-refractivity contribution in [3.63, 3.8) is 0 Å². The summed E-state index contributed by atoms with van der Waals surface area (Å²) in [5.74, 6) is -0.377. The van der Waals surface area contributed by atoms with E-state index >= 15 is 0 Å². The SMILES string of the molecule is CC1(C)c2cc(N(c3ccccc3)c3ccc(-c4ccccc4)cc3)ccc2-c2sc(C=C3C(=O)c4ccccc4C3=O)cc21. The second-order valence-electron chi connectivity index (χ2n) is 12.1. The van der Waals surface area contributed by atoms with Gasteiger partial charge in [0.1, 0.15) is 0 Å². The van der Waals surface area contributed by atoms with E-state index in [1.807, 2.05) is 12.1 Å². The number of para-hydroxylation sites is 1. The number of Topliss-reactive ketones (excluding diaryl/α,β-unsaturated/α-hetero) is 2. The van der Waals surface area contributed by atoms with Crippen LogP contribution >= 0.6 is 11.3 Å². The lowest BCUT2D eigenvalue weighted by atomic mass is 9.82. The van der Waals surface area contributed by atoms with E-state index in [0.29, 0.717) is 11.1 Å². The van der Waals surface area contributed by atoms with Crippen molar-refractivity contribution in [3.8, 4) is 21.6 Å². The topological polar surface area (TPSA) is 37.4 Å². The first-order valence-corrected chi connectivity index (χ1v) is 15.9. The maximum Gasteiger partial charge on any atom is 0.197 e. The minimum absolute atomic E-state index is 0.189. The van der Waals surface area contributed by atoms with E-state index in [0.717, 1.165) is 21.9 Å². The van der Waals surface area contributed by atoms with Crippen molar-refractivity contribution in [2.75, 3.05) is 4.90 Å². The molecule has 8 rings (SSSR count). The highest BCUT2D eigenvalue weighted by molar-refractivity contribution is 7.16. The average Bonchev–Trinajstić information content (AvgIpc) is 3.68. The molecule has 0 atom stereocenters. The first kappa shape index (κ1) is 27.2. The summed E-state index contributed by atoms with van der Waals surface area (Å²) in [6.07, 6.45) is 1.79. The molecule has 2 aliphatic rings. The van der Waals surface area contributed by atoms with Gasteiger partial charge in [-0.15, -0.1) is 11.3 Å². The molecule has 4 heteroatoms. The van der Waals surface area contributed by atoms with E-state index in [-0.39, 0.29) is 22.6 Å². The fourth-order valence-corrected chi connectivity index (χ4v) is 7.98. The van der Waals surface area contributed by atoms with E-state index in [2.05, 4.69) is 116 Å². The molecule has 1 heterocycles. The predicted molar refractivity (Wildman–Crippen MR) is 185 cm³/mol. The van der Waals surface area contributed by atoms with Crippen LogP contribution in [0.1, 0.15) is 50.6 Å². The molecule has 45 heavy (non-hydrogen) atoms. The van der Waals surface area contributed by atoms with Crippen molar-refractivity contribution in [1.29, 1.82) is 0 Å². The summed E-state index contributed by atoms with van der Waals surface area (Å²) < 4.78 is 0. The summed E-state index contributed by atoms with van der Waals surface area (Å²) in [6, 6.07) is 45.6. The van der Waals surface area contributed by atoms with E-state index < -0.39 is 0 Å². The number of carbonyl (C=O) groups excluding carboxylic acids is 2. The summed E-state index contributed by atoms with van der Waals surface area (Å²) in [5, 5.41) is 0. The molecule has 0 amide bonds. The van der Waals surface area contributed by atoms with Gasteiger partial charge in [-0.05, 0) is 76.4 Å². The number of hydrogen-bond acceptors (Lipinski definition) is 4. The number of rotatable bonds is 5. The number of fused-ring (bicyclic) bond motifs is 4. The first-order chi connectivity index (χ1) is 21.9. The van der Waals surface area contributed by atoms with Crippen molar-refractivity contribution in [2.24, 2.45) is 0 Å². The lowest BCUT2D eigenvalue weighted by molar-refractivity contribution is 0.0990. The molecular weight excluding hydrogens is 571 g/mol. The normalized spacial score (nSPS) is 14.2. The third-order valence-electron chi connectivity index (χ3n) is 9.04. The number of thiophene rings is 1. The van der Waals surface area contributed by atoms with Gasteiger partial charge in [-0.1, -0.05) is 105 Å². The van der Waals surface area contributed by atoms with Gasteiger partial charge in [0.2, 0.25) is 0 Å². The van der Waals surface area contributed by atoms with Crippen LogP contribution in [0.15, 0.2) is 139 Å². The van der Waals surface area contributed by atoms with E-state index in [9.17, 15) is 9.59 Å². The number of ketones is 2. The highest BCUT2D eigenvalue weighted by atomic mass is 32.1. The second kappa shape index (κ2) is 10.4. The minimum atomic E-state index is -0.250. The van der Waals surface area contributed by atoms with Crippen molar-refractivity contribution in [3.05, 3.63) is 166 Å². The zero-order chi connectivity index (χ0) is 30.7. The predicted octanol–water partition coefficient (Wildman–Crippen LogP) is 10.7. The van der Waals surface area contributed by atoms with Gasteiger partial charge >= 0.3 is 0 Å². The lowest BCUT2D eigenvalue weighted by Crippen LogP contribution is -2.16. The van der Waals surface area contributed by atoms with Gasteiger partial charge in [-0.3, -0.25) is 9.59 Å². The Morgan fingerprint density at radius 3 is 1.78 bits per heavy atom. The van der Waals surface area contributed by atoms with E-state index in [1.165, 1.54) is 32.7 Å². The van der Waals surface area contributed by atoms with E-state index in [4.69, 9.17) is 0 Å². The summed E-state index contributed by atoms with van der Waals surface area (Å²) in [6.45, 7) is 4.52. The van der Waals surface area contributed by atoms with Gasteiger partial charge in [-0.25, -0.2) is 0 Å². The Hall–Kier alpha value is -5.32. The van der Waals surface area contributed by atoms with Crippen LogP contribution in [0.25, 0.3) is 27.6 Å². The average molecular weight is 600 g/mol. The quantitative estimate of drug-likeness (QED) is 0.146. The Kier molecular flexibility index (Phi) is 6.29.